The van der Waals surface area contributed by atoms with Crippen LogP contribution in [0.25, 0.3) is 11.5 Å². The van der Waals surface area contributed by atoms with E-state index >= 15 is 0 Å². The van der Waals surface area contributed by atoms with Crippen molar-refractivity contribution >= 4 is 10.4 Å². The minimum absolute atomic E-state index is 0. The van der Waals surface area contributed by atoms with Gasteiger partial charge in [0.2, 0.25) is 0 Å². The van der Waals surface area contributed by atoms with Crippen LogP contribution < -0.4 is 0 Å². The molecule has 2 atom stereocenters. The van der Waals surface area contributed by atoms with Crippen LogP contribution in [-0.4, -0.2) is 29.6 Å². The largest absolute Gasteiger partial charge is 2.00 e. The van der Waals surface area contributed by atoms with Crippen LogP contribution in [0.2, 0.25) is 0 Å². The third-order valence-corrected chi connectivity index (χ3v) is 1.52. The summed E-state index contributed by atoms with van der Waals surface area (Å²) in [5, 5.41) is 0. The zero-order valence-corrected chi connectivity index (χ0v) is 9.80. The Balaban J connectivity index is 0. The fourth-order valence-corrected chi connectivity index (χ4v) is 0.960. The second-order valence-corrected chi connectivity index (χ2v) is 3.49. The summed E-state index contributed by atoms with van der Waals surface area (Å²) < 4.78 is 31.6. The van der Waals surface area contributed by atoms with Crippen molar-refractivity contribution < 1.29 is 38.6 Å². The molecule has 2 unspecified atom stereocenters. The Hall–Kier alpha value is 0.478. The van der Waals surface area contributed by atoms with Gasteiger partial charge in [-0.15, -0.1) is 0 Å². The normalized spacial score (nSPS) is 27.1. The minimum Gasteiger partial charge on any atom is -0.676 e. The number of hydrogen-bond donors (Lipinski definition) is 2. The molecule has 0 radical (unpaired) electrons. The van der Waals surface area contributed by atoms with Gasteiger partial charge in [-0.25, -0.2) is 0 Å². The molecule has 13 heavy (non-hydrogen) atoms. The van der Waals surface area contributed by atoms with Crippen LogP contribution in [0.1, 0.15) is 19.3 Å². The first-order chi connectivity index (χ1) is 5.30. The van der Waals surface area contributed by atoms with Gasteiger partial charge in [0.15, 0.2) is 0 Å². The predicted octanol–water partition coefficient (Wildman–Crippen LogP) is 1.36. The molecule has 1 saturated carbocycles. The van der Waals surface area contributed by atoms with Gasteiger partial charge in [0.05, 0.1) is 0 Å². The van der Waals surface area contributed by atoms with Gasteiger partial charge >= 0.3 is 31.5 Å². The van der Waals surface area contributed by atoms with Gasteiger partial charge < -0.3 is 11.5 Å². The van der Waals surface area contributed by atoms with Crippen molar-refractivity contribution in [2.24, 2.45) is 0 Å². The van der Waals surface area contributed by atoms with Crippen molar-refractivity contribution in [3.8, 4) is 0 Å². The van der Waals surface area contributed by atoms with Gasteiger partial charge in [-0.3, -0.25) is 9.11 Å². The first-order valence-electron chi connectivity index (χ1n) is 3.43. The molecule has 0 heterocycles. The molecule has 1 rings (SSSR count). The average Bonchev–Trinajstić information content (AvgIpc) is 2.12. The number of nitrogens with one attached hydrogen (secondary N) is 2. The van der Waals surface area contributed by atoms with Crippen molar-refractivity contribution in [1.82, 2.24) is 0 Å². The monoisotopic (exact) mass is 391 g/mol. The predicted molar refractivity (Wildman–Crippen MR) is 44.2 cm³/mol. The summed E-state index contributed by atoms with van der Waals surface area (Å²) in [6.45, 7) is 0. The molecule has 4 N–H and O–H groups in total. The van der Waals surface area contributed by atoms with Crippen LogP contribution in [0.3, 0.4) is 0 Å². The van der Waals surface area contributed by atoms with Crippen LogP contribution in [0.15, 0.2) is 0 Å². The second-order valence-electron chi connectivity index (χ2n) is 2.59. The van der Waals surface area contributed by atoms with Gasteiger partial charge in [-0.05, 0) is 0 Å². The molecular weight excluding hydrogens is 379 g/mol. The summed E-state index contributed by atoms with van der Waals surface area (Å²) >= 11 is 0. The smallest absolute Gasteiger partial charge is 0.676 e. The van der Waals surface area contributed by atoms with Gasteiger partial charge in [0.25, 0.3) is 0 Å². The molecule has 0 aromatic heterocycles. The Morgan fingerprint density at radius 3 is 1.38 bits per heavy atom. The molecule has 0 aromatic rings. The van der Waals surface area contributed by atoms with E-state index in [1.54, 1.807) is 0 Å². The second kappa shape index (κ2) is 6.86. The molecule has 82 valence electrons. The summed E-state index contributed by atoms with van der Waals surface area (Å²) in [4.78, 5) is 0. The standard InChI is InChI=1S/C5H10N2.H2O4S.Pt/c6-4-2-1-3-5(4)7;1-5(2,3)4;/h4-7H,1-3H2;(H2,1,2,3,4);/q-2;;+2. The van der Waals surface area contributed by atoms with Crippen molar-refractivity contribution in [3.05, 3.63) is 11.5 Å². The summed E-state index contributed by atoms with van der Waals surface area (Å²) in [5.41, 5.74) is 14.3. The molecule has 0 saturated heterocycles. The van der Waals surface area contributed by atoms with Crippen LogP contribution >= 0.6 is 0 Å². The van der Waals surface area contributed by atoms with Gasteiger partial charge in [-0.1, -0.05) is 19.3 Å². The number of hydrogen-bond acceptors (Lipinski definition) is 2. The van der Waals surface area contributed by atoms with Crippen molar-refractivity contribution in [2.45, 2.75) is 31.3 Å². The molecule has 8 heteroatoms. The third kappa shape index (κ3) is 12.5. The zero-order chi connectivity index (χ0) is 9.78. The molecule has 0 amide bonds. The summed E-state index contributed by atoms with van der Waals surface area (Å²) in [6.07, 6.45) is 3.00. The Labute approximate surface area is 91.9 Å². The molecule has 0 bridgehead atoms. The maximum atomic E-state index is 8.74. The summed E-state index contributed by atoms with van der Waals surface area (Å²) in [5.74, 6) is 0. The van der Waals surface area contributed by atoms with Crippen molar-refractivity contribution in [2.75, 3.05) is 0 Å². The fraction of sp³-hybridized carbons (Fsp3) is 1.00. The molecule has 1 aliphatic carbocycles. The molecule has 0 aliphatic heterocycles. The number of rotatable bonds is 0. The Bertz CT molecular complexity index is 205. The van der Waals surface area contributed by atoms with Gasteiger partial charge in [0.1, 0.15) is 0 Å². The van der Waals surface area contributed by atoms with E-state index in [9.17, 15) is 0 Å². The maximum Gasteiger partial charge on any atom is 2.00 e. The van der Waals surface area contributed by atoms with Crippen LogP contribution in [0, 0.1) is 0 Å². The molecule has 1 aliphatic rings. The summed E-state index contributed by atoms with van der Waals surface area (Å²) in [7, 11) is -4.67. The molecule has 0 spiro atoms. The van der Waals surface area contributed by atoms with Gasteiger partial charge in [-0.2, -0.15) is 20.5 Å². The van der Waals surface area contributed by atoms with E-state index in [0.717, 1.165) is 19.3 Å². The average molecular weight is 391 g/mol. The Kier molecular flexibility index (Phi) is 8.41. The van der Waals surface area contributed by atoms with Crippen LogP contribution in [0.4, 0.5) is 0 Å². The van der Waals surface area contributed by atoms with E-state index in [1.165, 1.54) is 0 Å². The van der Waals surface area contributed by atoms with E-state index in [0.29, 0.717) is 0 Å². The van der Waals surface area contributed by atoms with Crippen LogP contribution in [0.5, 0.6) is 0 Å². The maximum absolute atomic E-state index is 8.74. The van der Waals surface area contributed by atoms with Crippen molar-refractivity contribution in [3.63, 3.8) is 0 Å². The van der Waals surface area contributed by atoms with Crippen molar-refractivity contribution in [1.29, 1.82) is 0 Å². The third-order valence-electron chi connectivity index (χ3n) is 1.52. The quantitative estimate of drug-likeness (QED) is 0.605. The van der Waals surface area contributed by atoms with E-state index in [2.05, 4.69) is 0 Å². The van der Waals surface area contributed by atoms with Crippen LogP contribution in [-0.2, 0) is 31.5 Å². The Morgan fingerprint density at radius 2 is 1.31 bits per heavy atom. The van der Waals surface area contributed by atoms with Gasteiger partial charge in [0, 0.05) is 0 Å². The van der Waals surface area contributed by atoms with E-state index in [1.807, 2.05) is 0 Å². The minimum atomic E-state index is -4.67. The molecule has 0 aromatic carbocycles. The van der Waals surface area contributed by atoms with E-state index in [-0.39, 0.29) is 33.1 Å². The summed E-state index contributed by atoms with van der Waals surface area (Å²) in [6, 6.07) is -0.139. The topological polar surface area (TPSA) is 122 Å². The molecule has 6 nitrogen and oxygen atoms in total. The first kappa shape index (κ1) is 15.9. The first-order valence-corrected chi connectivity index (χ1v) is 4.82. The molecular formula is C5H12N2O4PtS. The SMILES string of the molecule is O=S(=O)(O)O.[NH-]C1CCCC1[NH-].[Pt+2]. The van der Waals surface area contributed by atoms with E-state index in [4.69, 9.17) is 29.0 Å². The Morgan fingerprint density at radius 1 is 1.08 bits per heavy atom. The molecule has 1 fully saturated rings. The zero-order valence-electron chi connectivity index (χ0n) is 6.71. The van der Waals surface area contributed by atoms with E-state index < -0.39 is 10.4 Å². The fourth-order valence-electron chi connectivity index (χ4n) is 0.960.